The molecule has 0 radical (unpaired) electrons. The van der Waals surface area contributed by atoms with Gasteiger partial charge in [0.2, 0.25) is 0 Å². The van der Waals surface area contributed by atoms with Gasteiger partial charge in [0.25, 0.3) is 0 Å². The van der Waals surface area contributed by atoms with E-state index in [1.807, 2.05) is 13.8 Å². The monoisotopic (exact) mass is 439 g/mol. The fourth-order valence-corrected chi connectivity index (χ4v) is 2.46. The summed E-state index contributed by atoms with van der Waals surface area (Å²) in [5.74, 6) is 0.654. The second-order valence-corrected chi connectivity index (χ2v) is 5.46. The molecule has 1 heterocycles. The molecule has 1 rings (SSSR count). The van der Waals surface area contributed by atoms with Gasteiger partial charge in [-0.25, -0.2) is 0 Å². The van der Waals surface area contributed by atoms with Gasteiger partial charge in [0.1, 0.15) is 0 Å². The molecule has 0 atom stereocenters. The normalized spacial score (nSPS) is 10.7. The third-order valence-corrected chi connectivity index (χ3v) is 3.64. The molecule has 5 nitrogen and oxygen atoms in total. The Bertz CT molecular complexity index is 424. The summed E-state index contributed by atoms with van der Waals surface area (Å²) in [6.07, 6.45) is 2.12. The summed E-state index contributed by atoms with van der Waals surface area (Å²) in [6.45, 7) is 6.58. The average Bonchev–Trinajstić information content (AvgIpc) is 2.97. The van der Waals surface area contributed by atoms with Gasteiger partial charge >= 0.3 is 5.97 Å². The molecule has 0 fully saturated rings. The summed E-state index contributed by atoms with van der Waals surface area (Å²) in [6, 6.07) is 4.20. The molecule has 2 N–H and O–H groups in total. The van der Waals surface area contributed by atoms with E-state index >= 15 is 0 Å². The standard InChI is InChI=1S/C15H25N3O2S.HI/c1-3-16-15(17-10-5-8-14(19)20-4-2)18-11-9-13-7-6-12-21-13;/h6-7,12H,3-5,8-11H2,1-2H3,(H2,16,17,18);1H. The van der Waals surface area contributed by atoms with Gasteiger partial charge in [-0.2, -0.15) is 0 Å². The predicted molar refractivity (Wildman–Crippen MR) is 103 cm³/mol. The van der Waals surface area contributed by atoms with Gasteiger partial charge in [-0.3, -0.25) is 9.79 Å². The Hall–Kier alpha value is -0.830. The van der Waals surface area contributed by atoms with Crippen molar-refractivity contribution in [3.63, 3.8) is 0 Å². The van der Waals surface area contributed by atoms with Gasteiger partial charge in [-0.15, -0.1) is 35.3 Å². The second-order valence-electron chi connectivity index (χ2n) is 4.43. The molecule has 0 aliphatic rings. The van der Waals surface area contributed by atoms with Crippen molar-refractivity contribution in [2.24, 2.45) is 4.99 Å². The Morgan fingerprint density at radius 3 is 2.82 bits per heavy atom. The molecule has 126 valence electrons. The van der Waals surface area contributed by atoms with Crippen molar-refractivity contribution in [2.75, 3.05) is 26.2 Å². The highest BCUT2D eigenvalue weighted by Gasteiger charge is 2.01. The number of aliphatic imine (C=N–C) groups is 1. The van der Waals surface area contributed by atoms with Gasteiger partial charge < -0.3 is 15.4 Å². The zero-order valence-electron chi connectivity index (χ0n) is 13.3. The maximum atomic E-state index is 11.2. The SMILES string of the molecule is CCNC(=NCCCC(=O)OCC)NCCc1cccs1.I. The second kappa shape index (κ2) is 13.8. The highest BCUT2D eigenvalue weighted by Crippen LogP contribution is 2.07. The van der Waals surface area contributed by atoms with Gasteiger partial charge in [0.05, 0.1) is 6.61 Å². The van der Waals surface area contributed by atoms with Gasteiger partial charge in [-0.05, 0) is 38.1 Å². The molecular weight excluding hydrogens is 413 g/mol. The Balaban J connectivity index is 0.00000441. The van der Waals surface area contributed by atoms with E-state index in [9.17, 15) is 4.79 Å². The van der Waals surface area contributed by atoms with Crippen LogP contribution >= 0.6 is 35.3 Å². The first-order valence-electron chi connectivity index (χ1n) is 7.46. The third-order valence-electron chi connectivity index (χ3n) is 2.70. The summed E-state index contributed by atoms with van der Waals surface area (Å²) < 4.78 is 4.89. The van der Waals surface area contributed by atoms with E-state index in [0.29, 0.717) is 26.0 Å². The number of ether oxygens (including phenoxy) is 1. The number of hydrogen-bond acceptors (Lipinski definition) is 4. The summed E-state index contributed by atoms with van der Waals surface area (Å²) >= 11 is 1.77. The predicted octanol–water partition coefficient (Wildman–Crippen LogP) is 2.81. The molecule has 22 heavy (non-hydrogen) atoms. The van der Waals surface area contributed by atoms with Crippen molar-refractivity contribution in [1.29, 1.82) is 0 Å². The lowest BCUT2D eigenvalue weighted by molar-refractivity contribution is -0.143. The molecule has 0 unspecified atom stereocenters. The lowest BCUT2D eigenvalue weighted by Crippen LogP contribution is -2.38. The Labute approximate surface area is 154 Å². The van der Waals surface area contributed by atoms with Crippen LogP contribution in [0.15, 0.2) is 22.5 Å². The molecule has 0 aliphatic heterocycles. The van der Waals surface area contributed by atoms with Crippen LogP contribution in [0, 0.1) is 0 Å². The van der Waals surface area contributed by atoms with E-state index < -0.39 is 0 Å². The fourth-order valence-electron chi connectivity index (χ4n) is 1.75. The molecule has 0 amide bonds. The van der Waals surface area contributed by atoms with E-state index in [2.05, 4.69) is 33.1 Å². The van der Waals surface area contributed by atoms with Crippen molar-refractivity contribution >= 4 is 47.2 Å². The van der Waals surface area contributed by atoms with E-state index in [4.69, 9.17) is 4.74 Å². The number of guanidine groups is 1. The zero-order chi connectivity index (χ0) is 15.3. The molecule has 1 aromatic heterocycles. The topological polar surface area (TPSA) is 62.7 Å². The highest BCUT2D eigenvalue weighted by molar-refractivity contribution is 14.0. The van der Waals surface area contributed by atoms with Gasteiger partial charge in [-0.1, -0.05) is 6.07 Å². The van der Waals surface area contributed by atoms with Crippen LogP contribution in [-0.4, -0.2) is 38.2 Å². The average molecular weight is 439 g/mol. The van der Waals surface area contributed by atoms with Crippen LogP contribution in [0.2, 0.25) is 0 Å². The minimum atomic E-state index is -0.150. The summed E-state index contributed by atoms with van der Waals surface area (Å²) in [4.78, 5) is 17.0. The van der Waals surface area contributed by atoms with E-state index in [1.165, 1.54) is 4.88 Å². The quantitative estimate of drug-likeness (QED) is 0.204. The number of esters is 1. The van der Waals surface area contributed by atoms with Crippen molar-refractivity contribution in [3.8, 4) is 0 Å². The number of rotatable bonds is 9. The largest absolute Gasteiger partial charge is 0.466 e. The first kappa shape index (κ1) is 21.2. The van der Waals surface area contributed by atoms with Gasteiger partial charge in [0.15, 0.2) is 5.96 Å². The van der Waals surface area contributed by atoms with Crippen LogP contribution in [0.4, 0.5) is 0 Å². The third kappa shape index (κ3) is 9.99. The van der Waals surface area contributed by atoms with Crippen molar-refractivity contribution in [1.82, 2.24) is 10.6 Å². The first-order valence-corrected chi connectivity index (χ1v) is 8.34. The summed E-state index contributed by atoms with van der Waals surface area (Å²) in [5.41, 5.74) is 0. The molecule has 0 aliphatic carbocycles. The molecule has 0 saturated carbocycles. The Morgan fingerprint density at radius 2 is 2.18 bits per heavy atom. The number of hydrogen-bond donors (Lipinski definition) is 2. The van der Waals surface area contributed by atoms with Crippen molar-refractivity contribution in [2.45, 2.75) is 33.1 Å². The molecular formula is C15H26IN3O2S. The van der Waals surface area contributed by atoms with Crippen molar-refractivity contribution < 1.29 is 9.53 Å². The molecule has 0 aromatic carbocycles. The summed E-state index contributed by atoms with van der Waals surface area (Å²) in [7, 11) is 0. The highest BCUT2D eigenvalue weighted by atomic mass is 127. The van der Waals surface area contributed by atoms with Crippen LogP contribution < -0.4 is 10.6 Å². The maximum Gasteiger partial charge on any atom is 0.305 e. The van der Waals surface area contributed by atoms with Gasteiger partial charge in [0, 0.05) is 30.9 Å². The van der Waals surface area contributed by atoms with Crippen LogP contribution in [0.5, 0.6) is 0 Å². The molecule has 7 heteroatoms. The van der Waals surface area contributed by atoms with Crippen LogP contribution in [-0.2, 0) is 16.0 Å². The number of nitrogens with one attached hydrogen (secondary N) is 2. The lowest BCUT2D eigenvalue weighted by Gasteiger charge is -2.10. The van der Waals surface area contributed by atoms with E-state index in [-0.39, 0.29) is 29.9 Å². The van der Waals surface area contributed by atoms with Crippen LogP contribution in [0.25, 0.3) is 0 Å². The van der Waals surface area contributed by atoms with E-state index in [0.717, 1.165) is 25.5 Å². The number of halogens is 1. The Kier molecular flexibility index (Phi) is 13.3. The molecule has 0 spiro atoms. The zero-order valence-corrected chi connectivity index (χ0v) is 16.4. The number of carbonyl (C=O) groups is 1. The van der Waals surface area contributed by atoms with Crippen LogP contribution in [0.1, 0.15) is 31.6 Å². The smallest absolute Gasteiger partial charge is 0.305 e. The fraction of sp³-hybridized carbons (Fsp3) is 0.600. The number of nitrogens with zero attached hydrogens (tertiary/aromatic N) is 1. The lowest BCUT2D eigenvalue weighted by atomic mass is 10.3. The van der Waals surface area contributed by atoms with Crippen LogP contribution in [0.3, 0.4) is 0 Å². The maximum absolute atomic E-state index is 11.2. The molecule has 1 aromatic rings. The summed E-state index contributed by atoms with van der Waals surface area (Å²) in [5, 5.41) is 8.59. The minimum Gasteiger partial charge on any atom is -0.466 e. The first-order chi connectivity index (χ1) is 10.3. The minimum absolute atomic E-state index is 0. The van der Waals surface area contributed by atoms with E-state index in [1.54, 1.807) is 11.3 Å². The molecule has 0 saturated heterocycles. The number of carbonyl (C=O) groups excluding carboxylic acids is 1. The number of thiophene rings is 1. The Morgan fingerprint density at radius 1 is 1.36 bits per heavy atom. The molecule has 0 bridgehead atoms. The van der Waals surface area contributed by atoms with Crippen molar-refractivity contribution in [3.05, 3.63) is 22.4 Å².